The van der Waals surface area contributed by atoms with Crippen molar-refractivity contribution < 1.29 is 32.5 Å². The number of rotatable bonds is 8. The third kappa shape index (κ3) is 5.97. The molecule has 0 spiro atoms. The zero-order valence-corrected chi connectivity index (χ0v) is 18.3. The number of benzene rings is 2. The Kier molecular flexibility index (Phi) is 7.35. The van der Waals surface area contributed by atoms with E-state index in [1.165, 1.54) is 23.5 Å². The Morgan fingerprint density at radius 1 is 1.00 bits per heavy atom. The maximum atomic E-state index is 12.7. The minimum absolute atomic E-state index is 0.0389. The van der Waals surface area contributed by atoms with Crippen molar-refractivity contribution in [3.05, 3.63) is 76.2 Å². The maximum absolute atomic E-state index is 12.7. The molecule has 0 aliphatic carbocycles. The number of alkyl halides is 3. The Labute approximate surface area is 187 Å². The predicted molar refractivity (Wildman–Crippen MR) is 116 cm³/mol. The van der Waals surface area contributed by atoms with Crippen molar-refractivity contribution in [3.63, 3.8) is 0 Å². The first-order valence-electron chi connectivity index (χ1n) is 9.95. The van der Waals surface area contributed by atoms with Crippen LogP contribution >= 0.6 is 11.3 Å². The fourth-order valence-corrected chi connectivity index (χ4v) is 3.94. The molecule has 3 aromatic rings. The van der Waals surface area contributed by atoms with Crippen LogP contribution in [0.5, 0.6) is 5.75 Å². The molecule has 0 radical (unpaired) electrons. The molecule has 4 nitrogen and oxygen atoms in total. The maximum Gasteiger partial charge on any atom is 0.416 e. The van der Waals surface area contributed by atoms with Gasteiger partial charge in [-0.2, -0.15) is 13.2 Å². The highest BCUT2D eigenvalue weighted by atomic mass is 32.1. The molecular weight excluding hydrogens is 441 g/mol. The van der Waals surface area contributed by atoms with E-state index in [0.717, 1.165) is 28.1 Å². The molecule has 1 heterocycles. The molecule has 0 aliphatic rings. The molecule has 0 saturated heterocycles. The van der Waals surface area contributed by atoms with E-state index < -0.39 is 17.7 Å². The molecule has 0 amide bonds. The molecule has 0 atom stereocenters. The summed E-state index contributed by atoms with van der Waals surface area (Å²) in [7, 11) is 0. The lowest BCUT2D eigenvalue weighted by Gasteiger charge is -2.08. The number of hydrogen-bond donors (Lipinski definition) is 0. The minimum atomic E-state index is -4.38. The molecule has 2 aromatic carbocycles. The van der Waals surface area contributed by atoms with Gasteiger partial charge in [0.15, 0.2) is 11.5 Å². The summed E-state index contributed by atoms with van der Waals surface area (Å²) in [5.41, 5.74) is 1.64. The summed E-state index contributed by atoms with van der Waals surface area (Å²) >= 11 is 1.26. The molecular formula is C24H21F3O4S. The van der Waals surface area contributed by atoms with Crippen molar-refractivity contribution >= 4 is 23.1 Å². The number of ketones is 1. The van der Waals surface area contributed by atoms with Gasteiger partial charge < -0.3 is 0 Å². The first-order chi connectivity index (χ1) is 15.2. The van der Waals surface area contributed by atoms with Gasteiger partial charge in [-0.25, -0.2) is 4.79 Å². The Hall–Kier alpha value is -3.13. The highest BCUT2D eigenvalue weighted by molar-refractivity contribution is 7.17. The van der Waals surface area contributed by atoms with Crippen molar-refractivity contribution in [1.82, 2.24) is 0 Å². The Bertz CT molecular complexity index is 1100. The number of thiophene rings is 1. The number of halogens is 3. The van der Waals surface area contributed by atoms with Crippen LogP contribution in [0.3, 0.4) is 0 Å². The van der Waals surface area contributed by atoms with E-state index >= 15 is 0 Å². The lowest BCUT2D eigenvalue weighted by atomic mass is 10.0. The summed E-state index contributed by atoms with van der Waals surface area (Å²) < 4.78 is 38.2. The van der Waals surface area contributed by atoms with E-state index in [1.54, 1.807) is 31.2 Å². The first kappa shape index (κ1) is 23.5. The van der Waals surface area contributed by atoms with Crippen LogP contribution in [0.25, 0.3) is 10.4 Å². The number of aryl methyl sites for hydroxylation is 2. The van der Waals surface area contributed by atoms with Gasteiger partial charge in [0.05, 0.1) is 10.4 Å². The van der Waals surface area contributed by atoms with E-state index in [9.17, 15) is 22.8 Å². The van der Waals surface area contributed by atoms with E-state index in [-0.39, 0.29) is 18.6 Å². The van der Waals surface area contributed by atoms with Gasteiger partial charge in [0.2, 0.25) is 0 Å². The lowest BCUT2D eigenvalue weighted by molar-refractivity contribution is -0.213. The number of Topliss-reactive ketones (excluding diaryl/α,β-unsaturated/α-hetero) is 1. The van der Waals surface area contributed by atoms with E-state index in [4.69, 9.17) is 4.89 Å². The third-order valence-electron chi connectivity index (χ3n) is 4.77. The number of carbonyl (C=O) groups excluding carboxylic acids is 2. The van der Waals surface area contributed by atoms with Gasteiger partial charge in [-0.05, 0) is 60.4 Å². The second kappa shape index (κ2) is 9.99. The van der Waals surface area contributed by atoms with Gasteiger partial charge in [-0.1, -0.05) is 31.2 Å². The van der Waals surface area contributed by atoms with E-state index in [1.807, 2.05) is 13.0 Å². The molecule has 0 saturated carbocycles. The van der Waals surface area contributed by atoms with Crippen LogP contribution in [-0.4, -0.2) is 11.8 Å². The number of carbonyl (C=O) groups is 2. The standard InChI is InChI=1S/C24H21F3O4S/c1-3-23(29)31-30-20-11-5-16(14-15(20)2)4-10-19(28)22-13-12-21(32-22)17-6-8-18(9-7-17)24(25,26)27/h5-9,11-14H,3-4,10H2,1-2H3. The van der Waals surface area contributed by atoms with Crippen LogP contribution in [-0.2, 0) is 22.3 Å². The summed E-state index contributed by atoms with van der Waals surface area (Å²) in [6.07, 6.45) is -3.36. The van der Waals surface area contributed by atoms with Gasteiger partial charge in [0.1, 0.15) is 0 Å². The van der Waals surface area contributed by atoms with Crippen molar-refractivity contribution in [3.8, 4) is 16.2 Å². The Balaban J connectivity index is 1.59. The van der Waals surface area contributed by atoms with Crippen LogP contribution in [0.2, 0.25) is 0 Å². The molecule has 0 aliphatic heterocycles. The van der Waals surface area contributed by atoms with Crippen LogP contribution in [0.4, 0.5) is 13.2 Å². The van der Waals surface area contributed by atoms with Crippen molar-refractivity contribution in [1.29, 1.82) is 0 Å². The zero-order valence-electron chi connectivity index (χ0n) is 17.5. The molecule has 8 heteroatoms. The number of hydrogen-bond acceptors (Lipinski definition) is 5. The highest BCUT2D eigenvalue weighted by Gasteiger charge is 2.30. The average Bonchev–Trinajstić information content (AvgIpc) is 3.26. The van der Waals surface area contributed by atoms with Gasteiger partial charge >= 0.3 is 12.1 Å². The lowest BCUT2D eigenvalue weighted by Crippen LogP contribution is -2.07. The largest absolute Gasteiger partial charge is 0.416 e. The molecule has 0 fully saturated rings. The normalized spacial score (nSPS) is 11.3. The van der Waals surface area contributed by atoms with Crippen molar-refractivity contribution in [2.24, 2.45) is 0 Å². The first-order valence-corrected chi connectivity index (χ1v) is 10.8. The molecule has 3 rings (SSSR count). The average molecular weight is 462 g/mol. The zero-order chi connectivity index (χ0) is 23.3. The quantitative estimate of drug-likeness (QED) is 0.210. The molecule has 168 valence electrons. The van der Waals surface area contributed by atoms with Gasteiger partial charge in [-0.15, -0.1) is 11.3 Å². The summed E-state index contributed by atoms with van der Waals surface area (Å²) in [4.78, 5) is 34.8. The molecule has 0 N–H and O–H groups in total. The van der Waals surface area contributed by atoms with Crippen LogP contribution < -0.4 is 4.89 Å². The fraction of sp³-hybridized carbons (Fsp3) is 0.250. The topological polar surface area (TPSA) is 52.6 Å². The van der Waals surface area contributed by atoms with Gasteiger partial charge in [-0.3, -0.25) is 14.6 Å². The van der Waals surface area contributed by atoms with Gasteiger partial charge in [0, 0.05) is 17.7 Å². The third-order valence-corrected chi connectivity index (χ3v) is 5.95. The molecule has 0 bridgehead atoms. The summed E-state index contributed by atoms with van der Waals surface area (Å²) in [6.45, 7) is 3.48. The van der Waals surface area contributed by atoms with E-state index in [0.29, 0.717) is 22.6 Å². The summed E-state index contributed by atoms with van der Waals surface area (Å²) in [5, 5.41) is 0. The van der Waals surface area contributed by atoms with E-state index in [2.05, 4.69) is 4.89 Å². The second-order valence-corrected chi connectivity index (χ2v) is 8.24. The second-order valence-electron chi connectivity index (χ2n) is 7.15. The SMILES string of the molecule is CCC(=O)OOc1ccc(CCC(=O)c2ccc(-c3ccc(C(F)(F)F)cc3)s2)cc1C. The smallest absolute Gasteiger partial charge is 0.293 e. The molecule has 1 aromatic heterocycles. The Morgan fingerprint density at radius 2 is 1.72 bits per heavy atom. The van der Waals surface area contributed by atoms with Gasteiger partial charge in [0.25, 0.3) is 0 Å². The highest BCUT2D eigenvalue weighted by Crippen LogP contribution is 2.33. The van der Waals surface area contributed by atoms with Crippen LogP contribution in [0.1, 0.15) is 46.1 Å². The van der Waals surface area contributed by atoms with Crippen LogP contribution in [0, 0.1) is 6.92 Å². The summed E-state index contributed by atoms with van der Waals surface area (Å²) in [5.74, 6) is -0.0741. The Morgan fingerprint density at radius 3 is 2.34 bits per heavy atom. The monoisotopic (exact) mass is 462 g/mol. The minimum Gasteiger partial charge on any atom is -0.293 e. The van der Waals surface area contributed by atoms with Crippen molar-refractivity contribution in [2.75, 3.05) is 0 Å². The predicted octanol–water partition coefficient (Wildman–Crippen LogP) is 6.80. The van der Waals surface area contributed by atoms with Crippen LogP contribution in [0.15, 0.2) is 54.6 Å². The molecule has 32 heavy (non-hydrogen) atoms. The fourth-order valence-electron chi connectivity index (χ4n) is 2.96. The van der Waals surface area contributed by atoms with Crippen molar-refractivity contribution in [2.45, 2.75) is 39.3 Å². The molecule has 0 unspecified atom stereocenters. The summed E-state index contributed by atoms with van der Waals surface area (Å²) in [6, 6.07) is 13.7.